The summed E-state index contributed by atoms with van der Waals surface area (Å²) in [6.07, 6.45) is 1.65. The molecule has 0 saturated carbocycles. The van der Waals surface area contributed by atoms with Crippen molar-refractivity contribution in [1.29, 1.82) is 0 Å². The highest BCUT2D eigenvalue weighted by molar-refractivity contribution is 5.78. The Morgan fingerprint density at radius 1 is 1.28 bits per heavy atom. The number of rotatable bonds is 4. The molecule has 8 heteroatoms. The largest absolute Gasteiger partial charge is 0.507 e. The van der Waals surface area contributed by atoms with Gasteiger partial charge >= 0.3 is 0 Å². The Kier molecular flexibility index (Phi) is 5.76. The van der Waals surface area contributed by atoms with E-state index in [0.29, 0.717) is 36.6 Å². The average Bonchev–Trinajstić information content (AvgIpc) is 2.58. The lowest BCUT2D eigenvalue weighted by Crippen LogP contribution is -2.55. The van der Waals surface area contributed by atoms with Crippen molar-refractivity contribution in [2.24, 2.45) is 22.9 Å². The average molecular weight is 346 g/mol. The molecule has 0 spiro atoms. The summed E-state index contributed by atoms with van der Waals surface area (Å²) < 4.78 is 0. The number of allylic oxidation sites excluding steroid dienone is 1. The third kappa shape index (κ3) is 4.16. The summed E-state index contributed by atoms with van der Waals surface area (Å²) in [6.45, 7) is 3.59. The zero-order valence-corrected chi connectivity index (χ0v) is 14.4. The zero-order valence-electron chi connectivity index (χ0n) is 14.4. The molecule has 25 heavy (non-hydrogen) atoms. The Bertz CT molecular complexity index is 696. The summed E-state index contributed by atoms with van der Waals surface area (Å²) in [5, 5.41) is 9.94. The van der Waals surface area contributed by atoms with Crippen molar-refractivity contribution < 1.29 is 9.90 Å². The molecule has 1 aliphatic heterocycles. The SMILES string of the molecule is CC1CN(C(/C=C(\N)c2ccccc2O)=C(N)N)CCN1C(=O)CN. The Morgan fingerprint density at radius 3 is 2.52 bits per heavy atom. The van der Waals surface area contributed by atoms with Gasteiger partial charge in [0.15, 0.2) is 0 Å². The van der Waals surface area contributed by atoms with Crippen LogP contribution in [-0.2, 0) is 4.79 Å². The lowest BCUT2D eigenvalue weighted by molar-refractivity contribution is -0.133. The van der Waals surface area contributed by atoms with Crippen LogP contribution in [0.1, 0.15) is 12.5 Å². The maximum Gasteiger partial charge on any atom is 0.236 e. The van der Waals surface area contributed by atoms with Gasteiger partial charge in [0.05, 0.1) is 12.2 Å². The predicted octanol–water partition coefficient (Wildman–Crippen LogP) is -0.730. The van der Waals surface area contributed by atoms with Gasteiger partial charge in [-0.2, -0.15) is 0 Å². The normalized spacial score (nSPS) is 18.2. The molecule has 0 bridgehead atoms. The van der Waals surface area contributed by atoms with Crippen molar-refractivity contribution in [3.63, 3.8) is 0 Å². The van der Waals surface area contributed by atoms with Crippen LogP contribution in [0, 0.1) is 0 Å². The van der Waals surface area contributed by atoms with Gasteiger partial charge in [0.2, 0.25) is 5.91 Å². The van der Waals surface area contributed by atoms with Crippen LogP contribution in [0.5, 0.6) is 5.75 Å². The van der Waals surface area contributed by atoms with Crippen LogP contribution in [0.3, 0.4) is 0 Å². The molecule has 9 N–H and O–H groups in total. The number of amides is 1. The van der Waals surface area contributed by atoms with E-state index >= 15 is 0 Å². The number of para-hydroxylation sites is 1. The van der Waals surface area contributed by atoms with Gasteiger partial charge in [0.25, 0.3) is 0 Å². The second-order valence-corrected chi connectivity index (χ2v) is 6.04. The van der Waals surface area contributed by atoms with Crippen LogP contribution in [0.25, 0.3) is 5.70 Å². The molecule has 0 aromatic heterocycles. The molecule has 136 valence electrons. The number of carbonyl (C=O) groups excluding carboxylic acids is 1. The molecule has 1 unspecified atom stereocenters. The fourth-order valence-electron chi connectivity index (χ4n) is 2.96. The number of hydrogen-bond acceptors (Lipinski definition) is 7. The summed E-state index contributed by atoms with van der Waals surface area (Å²) in [6, 6.07) is 6.75. The maximum absolute atomic E-state index is 11.8. The van der Waals surface area contributed by atoms with Gasteiger partial charge < -0.3 is 37.8 Å². The van der Waals surface area contributed by atoms with Gasteiger partial charge in [-0.25, -0.2) is 0 Å². The van der Waals surface area contributed by atoms with Crippen molar-refractivity contribution >= 4 is 11.6 Å². The monoisotopic (exact) mass is 346 g/mol. The highest BCUT2D eigenvalue weighted by atomic mass is 16.3. The molecule has 1 saturated heterocycles. The molecule has 0 aliphatic carbocycles. The van der Waals surface area contributed by atoms with Gasteiger partial charge in [0, 0.05) is 36.9 Å². The minimum Gasteiger partial charge on any atom is -0.507 e. The van der Waals surface area contributed by atoms with Crippen molar-refractivity contribution in [3.8, 4) is 5.75 Å². The number of phenols is 1. The third-order valence-corrected chi connectivity index (χ3v) is 4.27. The summed E-state index contributed by atoms with van der Waals surface area (Å²) in [7, 11) is 0. The standard InChI is InChI=1S/C17H26N6O2/c1-11-10-22(6-7-23(11)16(25)9-18)14(17(20)21)8-13(19)12-4-2-3-5-15(12)24/h2-5,8,11,24H,6-7,9-10,18-21H2,1H3/b13-8-. The number of carbonyl (C=O) groups is 1. The Hall–Kier alpha value is -2.87. The fourth-order valence-corrected chi connectivity index (χ4v) is 2.96. The van der Waals surface area contributed by atoms with E-state index in [2.05, 4.69) is 0 Å². The van der Waals surface area contributed by atoms with Gasteiger partial charge in [0.1, 0.15) is 11.6 Å². The smallest absolute Gasteiger partial charge is 0.236 e. The number of nitrogens with zero attached hydrogens (tertiary/aromatic N) is 2. The first-order valence-electron chi connectivity index (χ1n) is 8.10. The number of benzene rings is 1. The second kappa shape index (κ2) is 7.80. The summed E-state index contributed by atoms with van der Waals surface area (Å²) in [5.41, 5.74) is 24.7. The Morgan fingerprint density at radius 2 is 1.96 bits per heavy atom. The van der Waals surface area contributed by atoms with Crippen molar-refractivity contribution in [1.82, 2.24) is 9.80 Å². The lowest BCUT2D eigenvalue weighted by atomic mass is 10.1. The Labute approximate surface area is 147 Å². The molecule has 1 aromatic rings. The molecule has 1 fully saturated rings. The van der Waals surface area contributed by atoms with Crippen LogP contribution in [0.2, 0.25) is 0 Å². The molecule has 2 rings (SSSR count). The maximum atomic E-state index is 11.8. The number of nitrogens with two attached hydrogens (primary N) is 4. The van der Waals surface area contributed by atoms with E-state index in [-0.39, 0.29) is 30.1 Å². The number of phenolic OH excluding ortho intramolecular Hbond substituents is 1. The Balaban J connectivity index is 2.23. The molecule has 1 heterocycles. The molecule has 1 aliphatic rings. The van der Waals surface area contributed by atoms with E-state index in [4.69, 9.17) is 22.9 Å². The highest BCUT2D eigenvalue weighted by Gasteiger charge is 2.28. The molecule has 1 amide bonds. The first kappa shape index (κ1) is 18.5. The minimum atomic E-state index is -0.0809. The first-order valence-corrected chi connectivity index (χ1v) is 8.10. The molecule has 1 atom stereocenters. The second-order valence-electron chi connectivity index (χ2n) is 6.04. The van der Waals surface area contributed by atoms with Crippen LogP contribution < -0.4 is 22.9 Å². The van der Waals surface area contributed by atoms with Gasteiger partial charge in [-0.3, -0.25) is 4.79 Å². The number of hydrogen-bond donors (Lipinski definition) is 5. The molecule has 8 nitrogen and oxygen atoms in total. The van der Waals surface area contributed by atoms with Gasteiger partial charge in [-0.1, -0.05) is 12.1 Å². The molecule has 1 aromatic carbocycles. The molecular formula is C17H26N6O2. The summed E-state index contributed by atoms with van der Waals surface area (Å²) in [5.74, 6) is 0.129. The van der Waals surface area contributed by atoms with Crippen LogP contribution >= 0.6 is 0 Å². The van der Waals surface area contributed by atoms with Gasteiger partial charge in [-0.05, 0) is 25.1 Å². The first-order chi connectivity index (χ1) is 11.8. The summed E-state index contributed by atoms with van der Waals surface area (Å²) in [4.78, 5) is 15.6. The summed E-state index contributed by atoms with van der Waals surface area (Å²) >= 11 is 0. The predicted molar refractivity (Wildman–Crippen MR) is 97.5 cm³/mol. The van der Waals surface area contributed by atoms with Crippen LogP contribution in [0.15, 0.2) is 41.9 Å². The van der Waals surface area contributed by atoms with Crippen molar-refractivity contribution in [3.05, 3.63) is 47.4 Å². The van der Waals surface area contributed by atoms with E-state index in [0.717, 1.165) is 0 Å². The lowest BCUT2D eigenvalue weighted by Gasteiger charge is -2.41. The molecular weight excluding hydrogens is 320 g/mol. The van der Waals surface area contributed by atoms with Gasteiger partial charge in [-0.15, -0.1) is 0 Å². The topological polar surface area (TPSA) is 148 Å². The van der Waals surface area contributed by atoms with Crippen molar-refractivity contribution in [2.75, 3.05) is 26.2 Å². The van der Waals surface area contributed by atoms with E-state index in [9.17, 15) is 9.90 Å². The van der Waals surface area contributed by atoms with E-state index in [1.807, 2.05) is 11.8 Å². The quantitative estimate of drug-likeness (QED) is 0.451. The highest BCUT2D eigenvalue weighted by Crippen LogP contribution is 2.24. The third-order valence-electron chi connectivity index (χ3n) is 4.27. The van der Waals surface area contributed by atoms with Crippen LogP contribution in [-0.4, -0.2) is 53.0 Å². The molecule has 0 radical (unpaired) electrons. The van der Waals surface area contributed by atoms with E-state index in [1.54, 1.807) is 35.2 Å². The fraction of sp³-hybridized carbons (Fsp3) is 0.353. The van der Waals surface area contributed by atoms with Crippen LogP contribution in [0.4, 0.5) is 0 Å². The van der Waals surface area contributed by atoms with E-state index < -0.39 is 0 Å². The zero-order chi connectivity index (χ0) is 18.6. The number of aromatic hydroxyl groups is 1. The minimum absolute atomic E-state index is 0.00774. The van der Waals surface area contributed by atoms with E-state index in [1.165, 1.54) is 0 Å². The number of piperazine rings is 1. The van der Waals surface area contributed by atoms with Crippen molar-refractivity contribution in [2.45, 2.75) is 13.0 Å².